The van der Waals surface area contributed by atoms with Crippen molar-refractivity contribution >= 4 is 17.7 Å². The average molecular weight is 361 g/mol. The normalized spacial score (nSPS) is 15.0. The van der Waals surface area contributed by atoms with E-state index in [1.54, 1.807) is 0 Å². The maximum Gasteiger partial charge on any atom is 0.233 e. The summed E-state index contributed by atoms with van der Waals surface area (Å²) < 4.78 is 7.15. The van der Waals surface area contributed by atoms with E-state index in [1.807, 2.05) is 32.9 Å². The number of aromatic nitrogens is 3. The van der Waals surface area contributed by atoms with Gasteiger partial charge < -0.3 is 15.9 Å². The van der Waals surface area contributed by atoms with Gasteiger partial charge in [-0.25, -0.2) is 4.68 Å². The lowest BCUT2D eigenvalue weighted by Gasteiger charge is -2.11. The van der Waals surface area contributed by atoms with Crippen LogP contribution in [0, 0.1) is 13.8 Å². The number of nitrogens with one attached hydrogen (secondary N) is 1. The van der Waals surface area contributed by atoms with E-state index in [1.165, 1.54) is 16.4 Å². The number of benzene rings is 1. The van der Waals surface area contributed by atoms with Crippen LogP contribution in [-0.2, 0) is 11.4 Å². The van der Waals surface area contributed by atoms with Gasteiger partial charge in [-0.2, -0.15) is 0 Å². The van der Waals surface area contributed by atoms with E-state index >= 15 is 0 Å². The van der Waals surface area contributed by atoms with Gasteiger partial charge in [0.15, 0.2) is 5.82 Å². The van der Waals surface area contributed by atoms with E-state index in [2.05, 4.69) is 21.6 Å². The van der Waals surface area contributed by atoms with Crippen molar-refractivity contribution < 1.29 is 9.53 Å². The largest absolute Gasteiger partial charge is 0.486 e. The molecule has 1 aliphatic carbocycles. The summed E-state index contributed by atoms with van der Waals surface area (Å²) in [4.78, 5) is 12.0. The molecule has 134 valence electrons. The summed E-state index contributed by atoms with van der Waals surface area (Å²) in [7, 11) is 0. The number of nitrogens with zero attached hydrogens (tertiary/aromatic N) is 3. The minimum atomic E-state index is -0.278. The highest BCUT2D eigenvalue weighted by molar-refractivity contribution is 8.00. The van der Waals surface area contributed by atoms with Crippen LogP contribution in [0.2, 0.25) is 0 Å². The van der Waals surface area contributed by atoms with Crippen molar-refractivity contribution in [2.45, 2.75) is 56.7 Å². The maximum absolute atomic E-state index is 12.0. The van der Waals surface area contributed by atoms with Crippen molar-refractivity contribution in [3.05, 3.63) is 35.2 Å². The molecule has 7 nitrogen and oxygen atoms in total. The number of ether oxygens (including phenoxy) is 1. The molecule has 1 aromatic carbocycles. The standard InChI is InChI=1S/C17H23N5O2S/c1-10-6-11(2)8-14(7-10)24-9-15-20-21-17(22(15)18)25-12(3)16(23)19-13-4-5-13/h6-8,12-13H,4-5,9,18H2,1-3H3,(H,19,23)/t12-/m0/s1. The summed E-state index contributed by atoms with van der Waals surface area (Å²) in [5, 5.41) is 11.3. The Hall–Kier alpha value is -2.22. The zero-order chi connectivity index (χ0) is 18.0. The Balaban J connectivity index is 1.59. The molecule has 2 aromatic rings. The summed E-state index contributed by atoms with van der Waals surface area (Å²) in [5.41, 5.74) is 2.27. The van der Waals surface area contributed by atoms with Crippen LogP contribution in [0.4, 0.5) is 0 Å². The van der Waals surface area contributed by atoms with Crippen molar-refractivity contribution in [1.29, 1.82) is 0 Å². The number of nitrogens with two attached hydrogens (primary N) is 1. The number of rotatable bonds is 7. The fourth-order valence-corrected chi connectivity index (χ4v) is 3.21. The summed E-state index contributed by atoms with van der Waals surface area (Å²) in [6, 6.07) is 6.35. The van der Waals surface area contributed by atoms with Gasteiger partial charge in [0, 0.05) is 6.04 Å². The minimum absolute atomic E-state index is 0.00327. The minimum Gasteiger partial charge on any atom is -0.486 e. The molecule has 1 saturated carbocycles. The molecule has 0 saturated heterocycles. The Morgan fingerprint density at radius 3 is 2.68 bits per heavy atom. The number of carbonyl (C=O) groups excluding carboxylic acids is 1. The predicted octanol–water partition coefficient (Wildman–Crippen LogP) is 1.95. The van der Waals surface area contributed by atoms with E-state index in [0.29, 0.717) is 17.0 Å². The highest BCUT2D eigenvalue weighted by atomic mass is 32.2. The van der Waals surface area contributed by atoms with E-state index in [4.69, 9.17) is 10.6 Å². The van der Waals surface area contributed by atoms with Gasteiger partial charge in [-0.05, 0) is 56.9 Å². The maximum atomic E-state index is 12.0. The third kappa shape index (κ3) is 4.66. The molecule has 0 radical (unpaired) electrons. The number of amides is 1. The highest BCUT2D eigenvalue weighted by Crippen LogP contribution is 2.24. The smallest absolute Gasteiger partial charge is 0.233 e. The molecule has 25 heavy (non-hydrogen) atoms. The molecular weight excluding hydrogens is 338 g/mol. The molecule has 1 fully saturated rings. The number of aryl methyl sites for hydroxylation is 2. The topological polar surface area (TPSA) is 95.1 Å². The van der Waals surface area contributed by atoms with Gasteiger partial charge in [0.2, 0.25) is 11.1 Å². The molecule has 1 aliphatic rings. The lowest BCUT2D eigenvalue weighted by Crippen LogP contribution is -2.32. The second-order valence-corrected chi connectivity index (χ2v) is 7.73. The Bertz CT molecular complexity index is 752. The molecule has 0 spiro atoms. The van der Waals surface area contributed by atoms with Crippen molar-refractivity contribution in [3.63, 3.8) is 0 Å². The first-order valence-corrected chi connectivity index (χ1v) is 9.18. The predicted molar refractivity (Wildman–Crippen MR) is 96.9 cm³/mol. The Morgan fingerprint density at radius 2 is 2.04 bits per heavy atom. The van der Waals surface area contributed by atoms with Crippen LogP contribution >= 0.6 is 11.8 Å². The van der Waals surface area contributed by atoms with Crippen LogP contribution in [-0.4, -0.2) is 32.1 Å². The number of nitrogen functional groups attached to an aromatic ring is 1. The van der Waals surface area contributed by atoms with Gasteiger partial charge in [-0.3, -0.25) is 4.79 Å². The van der Waals surface area contributed by atoms with Gasteiger partial charge in [-0.15, -0.1) is 10.2 Å². The molecule has 1 amide bonds. The second kappa shape index (κ2) is 7.35. The number of carbonyl (C=O) groups is 1. The van der Waals surface area contributed by atoms with Gasteiger partial charge in [-0.1, -0.05) is 17.8 Å². The van der Waals surface area contributed by atoms with Crippen molar-refractivity contribution in [2.24, 2.45) is 0 Å². The monoisotopic (exact) mass is 361 g/mol. The Labute approximate surface area is 151 Å². The number of hydrogen-bond donors (Lipinski definition) is 2. The Kier molecular flexibility index (Phi) is 5.17. The molecule has 0 unspecified atom stereocenters. The summed E-state index contributed by atoms with van der Waals surface area (Å²) in [6.45, 7) is 6.10. The molecular formula is C17H23N5O2S. The quantitative estimate of drug-likeness (QED) is 0.578. The lowest BCUT2D eigenvalue weighted by molar-refractivity contribution is -0.120. The van der Waals surface area contributed by atoms with Gasteiger partial charge >= 0.3 is 0 Å². The zero-order valence-electron chi connectivity index (χ0n) is 14.7. The summed E-state index contributed by atoms with van der Waals surface area (Å²) >= 11 is 1.29. The van der Waals surface area contributed by atoms with Crippen molar-refractivity contribution in [3.8, 4) is 5.75 Å². The molecule has 1 atom stereocenters. The van der Waals surface area contributed by atoms with Gasteiger partial charge in [0.25, 0.3) is 0 Å². The third-order valence-corrected chi connectivity index (χ3v) is 4.93. The van der Waals surface area contributed by atoms with Gasteiger partial charge in [0.05, 0.1) is 5.25 Å². The SMILES string of the molecule is Cc1cc(C)cc(OCc2nnc(S[C@@H](C)C(=O)NC3CC3)n2N)c1. The van der Waals surface area contributed by atoms with Gasteiger partial charge in [0.1, 0.15) is 12.4 Å². The lowest BCUT2D eigenvalue weighted by atomic mass is 10.1. The fraction of sp³-hybridized carbons (Fsp3) is 0.471. The van der Waals surface area contributed by atoms with Crippen LogP contribution in [0.3, 0.4) is 0 Å². The van der Waals surface area contributed by atoms with E-state index in [-0.39, 0.29) is 17.8 Å². The second-order valence-electron chi connectivity index (χ2n) is 6.42. The summed E-state index contributed by atoms with van der Waals surface area (Å²) in [5.74, 6) is 7.33. The number of hydrogen-bond acceptors (Lipinski definition) is 6. The van der Waals surface area contributed by atoms with Crippen LogP contribution < -0.4 is 15.9 Å². The third-order valence-electron chi connectivity index (χ3n) is 3.87. The van der Waals surface area contributed by atoms with Crippen LogP contribution in [0.5, 0.6) is 5.75 Å². The average Bonchev–Trinajstić information content (AvgIpc) is 3.29. The first-order chi connectivity index (χ1) is 11.9. The van der Waals surface area contributed by atoms with Crippen molar-refractivity contribution in [1.82, 2.24) is 20.2 Å². The van der Waals surface area contributed by atoms with E-state index in [0.717, 1.165) is 29.7 Å². The molecule has 0 bridgehead atoms. The molecule has 1 aromatic heterocycles. The number of thioether (sulfide) groups is 1. The van der Waals surface area contributed by atoms with Crippen LogP contribution in [0.1, 0.15) is 36.7 Å². The fourth-order valence-electron chi connectivity index (χ4n) is 2.41. The van der Waals surface area contributed by atoms with Crippen LogP contribution in [0.25, 0.3) is 0 Å². The molecule has 0 aliphatic heterocycles. The first kappa shape index (κ1) is 17.6. The van der Waals surface area contributed by atoms with Crippen molar-refractivity contribution in [2.75, 3.05) is 5.84 Å². The highest BCUT2D eigenvalue weighted by Gasteiger charge is 2.27. The Morgan fingerprint density at radius 1 is 1.36 bits per heavy atom. The zero-order valence-corrected chi connectivity index (χ0v) is 15.5. The molecule has 1 heterocycles. The van der Waals surface area contributed by atoms with E-state index in [9.17, 15) is 4.79 Å². The molecule has 3 rings (SSSR count). The van der Waals surface area contributed by atoms with E-state index < -0.39 is 0 Å². The first-order valence-electron chi connectivity index (χ1n) is 8.30. The summed E-state index contributed by atoms with van der Waals surface area (Å²) in [6.07, 6.45) is 2.13. The molecule has 8 heteroatoms. The molecule has 3 N–H and O–H groups in total. The van der Waals surface area contributed by atoms with Crippen LogP contribution in [0.15, 0.2) is 23.4 Å².